The number of methoxy groups -OCH3 is 1. The molecule has 130 valence electrons. The zero-order valence-corrected chi connectivity index (χ0v) is 14.9. The van der Waals surface area contributed by atoms with E-state index in [9.17, 15) is 0 Å². The molecule has 0 spiro atoms. The molecule has 0 saturated heterocycles. The van der Waals surface area contributed by atoms with Crippen molar-refractivity contribution in [1.29, 1.82) is 0 Å². The average molecular weight is 335 g/mol. The van der Waals surface area contributed by atoms with Crippen LogP contribution in [0, 0.1) is 6.92 Å². The molecule has 1 aliphatic heterocycles. The Kier molecular flexibility index (Phi) is 4.14. The first-order valence-electron chi connectivity index (χ1n) is 8.91. The molecule has 3 N–H and O–H groups in total. The molecule has 1 aromatic heterocycles. The number of fused-ring (bicyclic) bond motifs is 2. The molecule has 3 aromatic rings. The second kappa shape index (κ2) is 6.45. The molecular weight excluding hydrogens is 310 g/mol. The Morgan fingerprint density at radius 2 is 2.08 bits per heavy atom. The Bertz CT molecular complexity index is 913. The number of hydrogen-bond donors (Lipinski definition) is 2. The number of nitrogens with one attached hydrogen (secondary N) is 1. The second-order valence-corrected chi connectivity index (χ2v) is 6.84. The van der Waals surface area contributed by atoms with Crippen LogP contribution in [-0.2, 0) is 19.4 Å². The third kappa shape index (κ3) is 2.87. The lowest BCUT2D eigenvalue weighted by Crippen LogP contribution is -2.21. The molecule has 4 nitrogen and oxygen atoms in total. The normalized spacial score (nSPS) is 13.5. The van der Waals surface area contributed by atoms with Crippen LogP contribution in [0.15, 0.2) is 36.4 Å². The van der Waals surface area contributed by atoms with Crippen molar-refractivity contribution >= 4 is 16.6 Å². The zero-order valence-electron chi connectivity index (χ0n) is 14.9. The van der Waals surface area contributed by atoms with Gasteiger partial charge in [-0.1, -0.05) is 17.7 Å². The summed E-state index contributed by atoms with van der Waals surface area (Å²) in [5.74, 6) is 0.887. The first-order valence-corrected chi connectivity index (χ1v) is 8.91. The standard InChI is InChI=1S/C21H25N3O/c1-14-3-6-21-15(11-14)8-10-24(21)13-20-17(7-9-22)18-12-16(25-2)4-5-19(18)23-20/h3-6,11-12,23H,7-10,13,22H2,1-2H3. The predicted molar refractivity (Wildman–Crippen MR) is 104 cm³/mol. The maximum absolute atomic E-state index is 5.89. The Hall–Kier alpha value is -2.46. The number of hydrogen-bond acceptors (Lipinski definition) is 3. The van der Waals surface area contributed by atoms with Crippen molar-refractivity contribution in [3.63, 3.8) is 0 Å². The lowest BCUT2D eigenvalue weighted by Gasteiger charge is -2.20. The minimum absolute atomic E-state index is 0.646. The highest BCUT2D eigenvalue weighted by Crippen LogP contribution is 2.33. The van der Waals surface area contributed by atoms with Gasteiger partial charge in [-0.15, -0.1) is 0 Å². The van der Waals surface area contributed by atoms with Gasteiger partial charge in [0.15, 0.2) is 0 Å². The summed E-state index contributed by atoms with van der Waals surface area (Å²) in [5, 5.41) is 1.23. The summed E-state index contributed by atoms with van der Waals surface area (Å²) in [6.45, 7) is 4.77. The second-order valence-electron chi connectivity index (χ2n) is 6.84. The van der Waals surface area contributed by atoms with E-state index in [-0.39, 0.29) is 0 Å². The van der Waals surface area contributed by atoms with Gasteiger partial charge in [0.05, 0.1) is 13.7 Å². The molecule has 4 rings (SSSR count). The SMILES string of the molecule is COc1ccc2[nH]c(CN3CCc4cc(C)ccc43)c(CCN)c2c1. The van der Waals surface area contributed by atoms with Gasteiger partial charge in [-0.05, 0) is 61.7 Å². The van der Waals surface area contributed by atoms with E-state index >= 15 is 0 Å². The molecular formula is C21H25N3O. The molecule has 0 atom stereocenters. The predicted octanol–water partition coefficient (Wildman–Crippen LogP) is 3.55. The Labute approximate surface area is 148 Å². The van der Waals surface area contributed by atoms with E-state index in [2.05, 4.69) is 47.1 Å². The highest BCUT2D eigenvalue weighted by Gasteiger charge is 2.21. The fourth-order valence-corrected chi connectivity index (χ4v) is 3.93. The minimum atomic E-state index is 0.646. The number of nitrogens with two attached hydrogens (primary N) is 1. The number of H-pyrrole nitrogens is 1. The van der Waals surface area contributed by atoms with Crippen molar-refractivity contribution in [3.05, 3.63) is 58.8 Å². The van der Waals surface area contributed by atoms with E-state index in [1.807, 2.05) is 6.07 Å². The topological polar surface area (TPSA) is 54.3 Å². The smallest absolute Gasteiger partial charge is 0.119 e. The first-order chi connectivity index (χ1) is 12.2. The minimum Gasteiger partial charge on any atom is -0.497 e. The molecule has 0 fully saturated rings. The molecule has 0 aliphatic carbocycles. The highest BCUT2D eigenvalue weighted by molar-refractivity contribution is 5.86. The van der Waals surface area contributed by atoms with Crippen LogP contribution in [0.4, 0.5) is 5.69 Å². The van der Waals surface area contributed by atoms with Crippen molar-refractivity contribution in [2.75, 3.05) is 25.1 Å². The summed E-state index contributed by atoms with van der Waals surface area (Å²) in [6.07, 6.45) is 1.99. The third-order valence-corrected chi connectivity index (χ3v) is 5.17. The Morgan fingerprint density at radius 1 is 1.20 bits per heavy atom. The van der Waals surface area contributed by atoms with E-state index in [1.165, 1.54) is 33.5 Å². The lowest BCUT2D eigenvalue weighted by atomic mass is 10.1. The first kappa shape index (κ1) is 16.0. The van der Waals surface area contributed by atoms with E-state index in [1.54, 1.807) is 7.11 Å². The number of ether oxygens (including phenoxy) is 1. The van der Waals surface area contributed by atoms with Crippen LogP contribution in [0.2, 0.25) is 0 Å². The number of aromatic nitrogens is 1. The van der Waals surface area contributed by atoms with Gasteiger partial charge in [-0.2, -0.15) is 0 Å². The fraction of sp³-hybridized carbons (Fsp3) is 0.333. The van der Waals surface area contributed by atoms with Crippen molar-refractivity contribution in [3.8, 4) is 5.75 Å². The van der Waals surface area contributed by atoms with E-state index < -0.39 is 0 Å². The Morgan fingerprint density at radius 3 is 2.88 bits per heavy atom. The van der Waals surface area contributed by atoms with Gasteiger partial charge in [0.1, 0.15) is 5.75 Å². The quantitative estimate of drug-likeness (QED) is 0.750. The number of aryl methyl sites for hydroxylation is 1. The number of benzene rings is 2. The van der Waals surface area contributed by atoms with Gasteiger partial charge in [-0.25, -0.2) is 0 Å². The summed E-state index contributed by atoms with van der Waals surface area (Å²) in [4.78, 5) is 6.09. The summed E-state index contributed by atoms with van der Waals surface area (Å²) in [7, 11) is 1.71. The molecule has 0 unspecified atom stereocenters. The van der Waals surface area contributed by atoms with Crippen molar-refractivity contribution in [1.82, 2.24) is 4.98 Å². The van der Waals surface area contributed by atoms with Gasteiger partial charge in [0.25, 0.3) is 0 Å². The van der Waals surface area contributed by atoms with Crippen LogP contribution >= 0.6 is 0 Å². The van der Waals surface area contributed by atoms with Gasteiger partial charge in [0.2, 0.25) is 0 Å². The Balaban J connectivity index is 1.71. The fourth-order valence-electron chi connectivity index (χ4n) is 3.93. The summed E-state index contributed by atoms with van der Waals surface area (Å²) >= 11 is 0. The molecule has 0 bridgehead atoms. The number of anilines is 1. The molecule has 0 amide bonds. The van der Waals surface area contributed by atoms with Crippen LogP contribution in [0.1, 0.15) is 22.4 Å². The molecule has 25 heavy (non-hydrogen) atoms. The molecule has 2 heterocycles. The third-order valence-electron chi connectivity index (χ3n) is 5.17. The van der Waals surface area contributed by atoms with Gasteiger partial charge < -0.3 is 20.4 Å². The largest absolute Gasteiger partial charge is 0.497 e. The molecule has 1 aliphatic rings. The van der Waals surface area contributed by atoms with E-state index in [4.69, 9.17) is 10.5 Å². The molecule has 2 aromatic carbocycles. The van der Waals surface area contributed by atoms with Crippen molar-refractivity contribution in [2.45, 2.75) is 26.3 Å². The number of nitrogens with zero attached hydrogens (tertiary/aromatic N) is 1. The van der Waals surface area contributed by atoms with Crippen molar-refractivity contribution < 1.29 is 4.74 Å². The maximum Gasteiger partial charge on any atom is 0.119 e. The van der Waals surface area contributed by atoms with Crippen LogP contribution < -0.4 is 15.4 Å². The zero-order chi connectivity index (χ0) is 17.4. The molecule has 4 heteroatoms. The van der Waals surface area contributed by atoms with Crippen LogP contribution in [0.5, 0.6) is 5.75 Å². The van der Waals surface area contributed by atoms with Crippen molar-refractivity contribution in [2.24, 2.45) is 5.73 Å². The molecule has 0 radical (unpaired) electrons. The number of aromatic amines is 1. The van der Waals surface area contributed by atoms with Gasteiger partial charge in [0, 0.05) is 28.8 Å². The summed E-state index contributed by atoms with van der Waals surface area (Å²) in [5.41, 5.74) is 13.8. The van der Waals surface area contributed by atoms with E-state index in [0.717, 1.165) is 37.2 Å². The van der Waals surface area contributed by atoms with Crippen LogP contribution in [0.25, 0.3) is 10.9 Å². The summed E-state index contributed by atoms with van der Waals surface area (Å²) in [6, 6.07) is 13.0. The number of rotatable bonds is 5. The average Bonchev–Trinajstić information content (AvgIpc) is 3.16. The van der Waals surface area contributed by atoms with Gasteiger partial charge in [-0.3, -0.25) is 0 Å². The van der Waals surface area contributed by atoms with E-state index in [0.29, 0.717) is 6.54 Å². The maximum atomic E-state index is 5.89. The van der Waals surface area contributed by atoms with Gasteiger partial charge >= 0.3 is 0 Å². The van der Waals surface area contributed by atoms with Crippen LogP contribution in [-0.4, -0.2) is 25.2 Å². The summed E-state index contributed by atoms with van der Waals surface area (Å²) < 4.78 is 5.40. The lowest BCUT2D eigenvalue weighted by molar-refractivity contribution is 0.415. The highest BCUT2D eigenvalue weighted by atomic mass is 16.5. The molecule has 0 saturated carbocycles. The monoisotopic (exact) mass is 335 g/mol. The van der Waals surface area contributed by atoms with Crippen LogP contribution in [0.3, 0.4) is 0 Å².